The second-order valence-corrected chi connectivity index (χ2v) is 8.04. The molecule has 0 spiro atoms. The van der Waals surface area contributed by atoms with Crippen LogP contribution in [0.4, 0.5) is 18.9 Å². The Kier molecular flexibility index (Phi) is 5.33. The summed E-state index contributed by atoms with van der Waals surface area (Å²) in [6.07, 6.45) is -4.32. The molecule has 0 unspecified atom stereocenters. The zero-order chi connectivity index (χ0) is 23.0. The average molecular weight is 445 g/mol. The summed E-state index contributed by atoms with van der Waals surface area (Å²) in [4.78, 5) is 2.13. The lowest BCUT2D eigenvalue weighted by Crippen LogP contribution is -2.22. The molecular formula is C28H22F3NO. The van der Waals surface area contributed by atoms with E-state index in [-0.39, 0.29) is 0 Å². The molecule has 0 fully saturated rings. The van der Waals surface area contributed by atoms with Crippen molar-refractivity contribution in [2.24, 2.45) is 0 Å². The van der Waals surface area contributed by atoms with Crippen LogP contribution in [0.25, 0.3) is 33.1 Å². The molecule has 0 N–H and O–H groups in total. The third kappa shape index (κ3) is 4.07. The lowest BCUT2D eigenvalue weighted by molar-refractivity contribution is -0.137. The van der Waals surface area contributed by atoms with Gasteiger partial charge in [-0.15, -0.1) is 0 Å². The Balaban J connectivity index is 1.42. The van der Waals surface area contributed by atoms with Crippen molar-refractivity contribution in [1.82, 2.24) is 0 Å². The lowest BCUT2D eigenvalue weighted by atomic mass is 10.0. The maximum atomic E-state index is 12.8. The topological polar surface area (TPSA) is 16.4 Å². The Labute approximate surface area is 189 Å². The fraction of sp³-hybridized carbons (Fsp3) is 0.143. The smallest absolute Gasteiger partial charge is 0.416 e. The molecule has 1 aromatic heterocycles. The fourth-order valence-corrected chi connectivity index (χ4v) is 4.23. The summed E-state index contributed by atoms with van der Waals surface area (Å²) in [7, 11) is 0. The Morgan fingerprint density at radius 1 is 0.758 bits per heavy atom. The van der Waals surface area contributed by atoms with Crippen molar-refractivity contribution < 1.29 is 17.6 Å². The minimum absolute atomic E-state index is 0.535. The predicted molar refractivity (Wildman–Crippen MR) is 127 cm³/mol. The van der Waals surface area contributed by atoms with Crippen LogP contribution in [-0.4, -0.2) is 6.54 Å². The summed E-state index contributed by atoms with van der Waals surface area (Å²) in [5, 5.41) is 2.18. The van der Waals surface area contributed by atoms with Crippen molar-refractivity contribution in [1.29, 1.82) is 0 Å². The van der Waals surface area contributed by atoms with Crippen molar-refractivity contribution in [3.8, 4) is 11.1 Å². The van der Waals surface area contributed by atoms with Gasteiger partial charge in [0.1, 0.15) is 11.2 Å². The molecule has 33 heavy (non-hydrogen) atoms. The Bertz CT molecular complexity index is 1400. The van der Waals surface area contributed by atoms with Gasteiger partial charge in [-0.05, 0) is 48.4 Å². The molecule has 166 valence electrons. The Hall–Kier alpha value is -3.73. The number of halogens is 3. The van der Waals surface area contributed by atoms with Crippen LogP contribution in [0.15, 0.2) is 95.4 Å². The molecule has 0 bridgehead atoms. The zero-order valence-corrected chi connectivity index (χ0v) is 18.1. The molecule has 4 aromatic carbocycles. The van der Waals surface area contributed by atoms with Crippen LogP contribution in [0, 0.1) is 0 Å². The number of alkyl halides is 3. The first kappa shape index (κ1) is 21.1. The molecule has 0 radical (unpaired) electrons. The molecule has 2 nitrogen and oxygen atoms in total. The average Bonchev–Trinajstić information content (AvgIpc) is 3.21. The van der Waals surface area contributed by atoms with E-state index in [0.717, 1.165) is 63.0 Å². The number of hydrogen-bond acceptors (Lipinski definition) is 2. The van der Waals surface area contributed by atoms with E-state index in [0.29, 0.717) is 6.54 Å². The van der Waals surface area contributed by atoms with Gasteiger partial charge >= 0.3 is 6.18 Å². The van der Waals surface area contributed by atoms with Gasteiger partial charge in [-0.2, -0.15) is 13.2 Å². The van der Waals surface area contributed by atoms with Crippen LogP contribution in [0.2, 0.25) is 0 Å². The second-order valence-electron chi connectivity index (χ2n) is 8.04. The standard InChI is InChI=1S/C28H22F3NO/c1-2-32(18-19-10-14-21(15-11-19)28(29,30)31)22-16-12-20(13-17-22)23-7-5-8-25-24-6-3-4-9-26(24)33-27(23)25/h3-17H,2,18H2,1H3. The van der Waals surface area contributed by atoms with Gasteiger partial charge in [-0.3, -0.25) is 0 Å². The van der Waals surface area contributed by atoms with E-state index in [1.807, 2.05) is 43.3 Å². The molecule has 5 heteroatoms. The molecule has 1 heterocycles. The molecule has 5 aromatic rings. The Morgan fingerprint density at radius 2 is 1.45 bits per heavy atom. The highest BCUT2D eigenvalue weighted by Gasteiger charge is 2.30. The molecule has 0 saturated carbocycles. The van der Waals surface area contributed by atoms with Crippen LogP contribution >= 0.6 is 0 Å². The maximum Gasteiger partial charge on any atom is 0.416 e. The molecule has 0 saturated heterocycles. The maximum absolute atomic E-state index is 12.8. The summed E-state index contributed by atoms with van der Waals surface area (Å²) < 4.78 is 44.7. The number of benzene rings is 4. The van der Waals surface area contributed by atoms with Gasteiger partial charge < -0.3 is 9.32 Å². The third-order valence-corrected chi connectivity index (χ3v) is 5.98. The van der Waals surface area contributed by atoms with Gasteiger partial charge in [0, 0.05) is 35.1 Å². The van der Waals surface area contributed by atoms with E-state index in [1.165, 1.54) is 0 Å². The van der Waals surface area contributed by atoms with Crippen molar-refractivity contribution in [2.45, 2.75) is 19.6 Å². The summed E-state index contributed by atoms with van der Waals surface area (Å²) in [6.45, 7) is 3.31. The summed E-state index contributed by atoms with van der Waals surface area (Å²) in [6, 6.07) is 27.8. The normalized spacial score (nSPS) is 11.9. The van der Waals surface area contributed by atoms with Crippen molar-refractivity contribution in [3.05, 3.63) is 102 Å². The van der Waals surface area contributed by atoms with E-state index in [9.17, 15) is 13.2 Å². The van der Waals surface area contributed by atoms with Gasteiger partial charge in [-0.25, -0.2) is 0 Å². The molecule has 0 aliphatic heterocycles. The van der Waals surface area contributed by atoms with E-state index in [2.05, 4.69) is 35.2 Å². The number of furan rings is 1. The molecule has 0 atom stereocenters. The van der Waals surface area contributed by atoms with Crippen LogP contribution in [0.1, 0.15) is 18.1 Å². The van der Waals surface area contributed by atoms with Gasteiger partial charge in [0.15, 0.2) is 0 Å². The highest BCUT2D eigenvalue weighted by atomic mass is 19.4. The van der Waals surface area contributed by atoms with Gasteiger partial charge in [0.05, 0.1) is 5.56 Å². The third-order valence-electron chi connectivity index (χ3n) is 5.98. The largest absolute Gasteiger partial charge is 0.455 e. The number of hydrogen-bond donors (Lipinski definition) is 0. The second kappa shape index (κ2) is 8.32. The summed E-state index contributed by atoms with van der Waals surface area (Å²) in [5.74, 6) is 0. The first-order valence-corrected chi connectivity index (χ1v) is 10.9. The monoisotopic (exact) mass is 445 g/mol. The fourth-order valence-electron chi connectivity index (χ4n) is 4.23. The lowest BCUT2D eigenvalue weighted by Gasteiger charge is -2.24. The van der Waals surface area contributed by atoms with E-state index in [1.54, 1.807) is 12.1 Å². The minimum atomic E-state index is -4.32. The van der Waals surface area contributed by atoms with Crippen LogP contribution in [0.3, 0.4) is 0 Å². The van der Waals surface area contributed by atoms with Crippen molar-refractivity contribution >= 4 is 27.6 Å². The zero-order valence-electron chi connectivity index (χ0n) is 18.1. The predicted octanol–water partition coefficient (Wildman–Crippen LogP) is 8.30. The first-order valence-electron chi connectivity index (χ1n) is 10.9. The quantitative estimate of drug-likeness (QED) is 0.271. The first-order chi connectivity index (χ1) is 15.9. The van der Waals surface area contributed by atoms with Gasteiger partial charge in [0.2, 0.25) is 0 Å². The van der Waals surface area contributed by atoms with Crippen LogP contribution in [0.5, 0.6) is 0 Å². The molecule has 5 rings (SSSR count). The van der Waals surface area contributed by atoms with Crippen molar-refractivity contribution in [3.63, 3.8) is 0 Å². The number of rotatable bonds is 5. The van der Waals surface area contributed by atoms with Gasteiger partial charge in [0.25, 0.3) is 0 Å². The molecular weight excluding hydrogens is 423 g/mol. The van der Waals surface area contributed by atoms with Crippen molar-refractivity contribution in [2.75, 3.05) is 11.4 Å². The highest BCUT2D eigenvalue weighted by Crippen LogP contribution is 2.36. The van der Waals surface area contributed by atoms with E-state index in [4.69, 9.17) is 4.42 Å². The number of fused-ring (bicyclic) bond motifs is 3. The van der Waals surface area contributed by atoms with Crippen LogP contribution < -0.4 is 4.90 Å². The van der Waals surface area contributed by atoms with Gasteiger partial charge in [-0.1, -0.05) is 60.7 Å². The Morgan fingerprint density at radius 3 is 2.15 bits per heavy atom. The number of para-hydroxylation sites is 2. The van der Waals surface area contributed by atoms with E-state index >= 15 is 0 Å². The number of nitrogens with zero attached hydrogens (tertiary/aromatic N) is 1. The molecule has 0 aliphatic carbocycles. The minimum Gasteiger partial charge on any atom is -0.455 e. The molecule has 0 aliphatic rings. The summed E-state index contributed by atoms with van der Waals surface area (Å²) in [5.41, 5.74) is 5.03. The van der Waals surface area contributed by atoms with Crippen LogP contribution in [-0.2, 0) is 12.7 Å². The number of anilines is 1. The van der Waals surface area contributed by atoms with E-state index < -0.39 is 11.7 Å². The summed E-state index contributed by atoms with van der Waals surface area (Å²) >= 11 is 0. The molecule has 0 amide bonds. The SMILES string of the molecule is CCN(Cc1ccc(C(F)(F)F)cc1)c1ccc(-c2cccc3c2oc2ccccc23)cc1. The highest BCUT2D eigenvalue weighted by molar-refractivity contribution is 6.09.